The van der Waals surface area contributed by atoms with Gasteiger partial charge in [0.25, 0.3) is 0 Å². The van der Waals surface area contributed by atoms with Crippen LogP contribution in [0.15, 0.2) is 24.4 Å². The molecule has 2 aromatic rings. The van der Waals surface area contributed by atoms with Crippen LogP contribution in [0, 0.1) is 11.3 Å². The predicted octanol–water partition coefficient (Wildman–Crippen LogP) is 4.52. The Morgan fingerprint density at radius 1 is 1.31 bits per heavy atom. The lowest BCUT2D eigenvalue weighted by atomic mass is 10.2. The molecule has 0 radical (unpaired) electrons. The number of nitrogens with one attached hydrogen (secondary N) is 2. The summed E-state index contributed by atoms with van der Waals surface area (Å²) in [5, 5.41) is 18.7. The summed E-state index contributed by atoms with van der Waals surface area (Å²) in [6, 6.07) is 4.76. The number of hydrogen-bond acceptors (Lipinski definition) is 4. The van der Waals surface area contributed by atoms with Gasteiger partial charge < -0.3 is 10.6 Å². The van der Waals surface area contributed by atoms with Crippen molar-refractivity contribution >= 4 is 23.3 Å². The molecular weight excluding hydrogens is 407 g/mol. The van der Waals surface area contributed by atoms with Gasteiger partial charge in [-0.1, -0.05) is 37.8 Å². The lowest BCUT2D eigenvalue weighted by Gasteiger charge is -2.13. The molecule has 1 amide bonds. The molecule has 0 unspecified atom stereocenters. The van der Waals surface area contributed by atoms with E-state index in [4.69, 9.17) is 11.6 Å². The van der Waals surface area contributed by atoms with E-state index in [-0.39, 0.29) is 34.5 Å². The first-order valence-corrected chi connectivity index (χ1v) is 9.51. The molecule has 1 aromatic heterocycles. The third kappa shape index (κ3) is 6.12. The normalized spacial score (nSPS) is 11.2. The lowest BCUT2D eigenvalue weighted by molar-refractivity contribution is -0.137. The fourth-order valence-corrected chi connectivity index (χ4v) is 2.90. The summed E-state index contributed by atoms with van der Waals surface area (Å²) in [4.78, 5) is 12.0. The first kappa shape index (κ1) is 22.6. The minimum Gasteiger partial charge on any atom is -0.360 e. The van der Waals surface area contributed by atoms with Crippen molar-refractivity contribution < 1.29 is 18.0 Å². The summed E-state index contributed by atoms with van der Waals surface area (Å²) in [7, 11) is 0. The molecule has 0 spiro atoms. The molecule has 0 aliphatic carbocycles. The van der Waals surface area contributed by atoms with Crippen LogP contribution in [0.5, 0.6) is 0 Å². The monoisotopic (exact) mass is 427 g/mol. The van der Waals surface area contributed by atoms with Crippen LogP contribution in [0.25, 0.3) is 5.69 Å². The Morgan fingerprint density at radius 2 is 2.07 bits per heavy atom. The van der Waals surface area contributed by atoms with Crippen molar-refractivity contribution in [3.05, 3.63) is 40.5 Å². The molecule has 0 bridgehead atoms. The number of unbranched alkanes of at least 4 members (excludes halogenated alkanes) is 3. The summed E-state index contributed by atoms with van der Waals surface area (Å²) in [6.45, 7) is 2.53. The van der Waals surface area contributed by atoms with Gasteiger partial charge in [0.05, 0.1) is 29.0 Å². The van der Waals surface area contributed by atoms with Crippen molar-refractivity contribution in [2.75, 3.05) is 18.4 Å². The van der Waals surface area contributed by atoms with Gasteiger partial charge in [-0.3, -0.25) is 4.79 Å². The predicted molar refractivity (Wildman–Crippen MR) is 104 cm³/mol. The Morgan fingerprint density at radius 3 is 2.69 bits per heavy atom. The molecule has 2 N–H and O–H groups in total. The van der Waals surface area contributed by atoms with E-state index in [9.17, 15) is 23.2 Å². The third-order valence-corrected chi connectivity index (χ3v) is 4.46. The molecule has 2 rings (SSSR count). The Kier molecular flexibility index (Phi) is 7.91. The highest BCUT2D eigenvalue weighted by Gasteiger charge is 2.31. The molecule has 10 heteroatoms. The summed E-state index contributed by atoms with van der Waals surface area (Å²) in [5.74, 6) is -0.0908. The van der Waals surface area contributed by atoms with Crippen LogP contribution >= 0.6 is 11.6 Å². The van der Waals surface area contributed by atoms with Gasteiger partial charge in [0.1, 0.15) is 17.5 Å². The van der Waals surface area contributed by atoms with E-state index in [0.717, 1.165) is 43.9 Å². The maximum absolute atomic E-state index is 12.8. The maximum atomic E-state index is 12.8. The second kappa shape index (κ2) is 10.2. The van der Waals surface area contributed by atoms with E-state index in [2.05, 4.69) is 22.7 Å². The van der Waals surface area contributed by atoms with Crippen molar-refractivity contribution in [2.24, 2.45) is 0 Å². The molecule has 0 saturated carbocycles. The van der Waals surface area contributed by atoms with E-state index in [1.807, 2.05) is 6.07 Å². The smallest absolute Gasteiger partial charge is 0.360 e. The number of hydrogen-bond donors (Lipinski definition) is 2. The number of alkyl halides is 3. The van der Waals surface area contributed by atoms with Crippen LogP contribution in [0.3, 0.4) is 0 Å². The fourth-order valence-electron chi connectivity index (χ4n) is 2.64. The maximum Gasteiger partial charge on any atom is 0.416 e. The summed E-state index contributed by atoms with van der Waals surface area (Å²) in [5.41, 5.74) is -0.601. The minimum absolute atomic E-state index is 0.119. The van der Waals surface area contributed by atoms with E-state index < -0.39 is 11.7 Å². The number of aromatic nitrogens is 2. The zero-order valence-corrected chi connectivity index (χ0v) is 16.6. The Bertz CT molecular complexity index is 889. The van der Waals surface area contributed by atoms with Crippen LogP contribution in [-0.4, -0.2) is 28.8 Å². The van der Waals surface area contributed by atoms with Crippen LogP contribution in [0.2, 0.25) is 5.02 Å². The summed E-state index contributed by atoms with van der Waals surface area (Å²) < 4.78 is 39.7. The van der Waals surface area contributed by atoms with Crippen LogP contribution in [0.1, 0.15) is 43.7 Å². The molecule has 29 heavy (non-hydrogen) atoms. The lowest BCUT2D eigenvalue weighted by Crippen LogP contribution is -2.31. The molecule has 0 saturated heterocycles. The van der Waals surface area contributed by atoms with Crippen molar-refractivity contribution in [1.82, 2.24) is 15.1 Å². The number of rotatable bonds is 9. The topological polar surface area (TPSA) is 82.7 Å². The van der Waals surface area contributed by atoms with Crippen LogP contribution in [0.4, 0.5) is 19.0 Å². The van der Waals surface area contributed by atoms with Gasteiger partial charge in [0.2, 0.25) is 5.91 Å². The standard InChI is InChI=1S/C19H21ClF3N5O/c1-2-3-4-5-8-25-17(29)12-26-18-13(10-24)11-27-28(18)16-7-6-14(9-15(16)20)19(21,22)23/h6-7,9,11,26H,2-5,8,12H2,1H3,(H,25,29). The molecule has 0 aliphatic rings. The van der Waals surface area contributed by atoms with Crippen molar-refractivity contribution in [1.29, 1.82) is 5.26 Å². The van der Waals surface area contributed by atoms with Crippen molar-refractivity contribution in [2.45, 2.75) is 38.8 Å². The zero-order valence-electron chi connectivity index (χ0n) is 15.8. The average Bonchev–Trinajstić information content (AvgIpc) is 3.08. The second-order valence-corrected chi connectivity index (χ2v) is 6.77. The number of nitrogens with zero attached hydrogens (tertiary/aromatic N) is 3. The number of halogens is 4. The number of benzene rings is 1. The van der Waals surface area contributed by atoms with Gasteiger partial charge in [-0.15, -0.1) is 0 Å². The molecular formula is C19H21ClF3N5O. The highest BCUT2D eigenvalue weighted by atomic mass is 35.5. The van der Waals surface area contributed by atoms with E-state index in [1.54, 1.807) is 0 Å². The molecule has 6 nitrogen and oxygen atoms in total. The fraction of sp³-hybridized carbons (Fsp3) is 0.421. The van der Waals surface area contributed by atoms with E-state index in [0.29, 0.717) is 6.54 Å². The number of carbonyl (C=O) groups is 1. The summed E-state index contributed by atoms with van der Waals surface area (Å²) >= 11 is 6.02. The van der Waals surface area contributed by atoms with Gasteiger partial charge in [-0.25, -0.2) is 4.68 Å². The minimum atomic E-state index is -4.53. The Hall–Kier alpha value is -2.73. The van der Waals surface area contributed by atoms with Crippen LogP contribution < -0.4 is 10.6 Å². The first-order chi connectivity index (χ1) is 13.8. The SMILES string of the molecule is CCCCCCNC(=O)CNc1c(C#N)cnn1-c1ccc(C(F)(F)F)cc1Cl. The molecule has 0 aliphatic heterocycles. The van der Waals surface area contributed by atoms with Gasteiger partial charge >= 0.3 is 6.18 Å². The molecule has 0 fully saturated rings. The van der Waals surface area contributed by atoms with Crippen LogP contribution in [-0.2, 0) is 11.0 Å². The van der Waals surface area contributed by atoms with E-state index in [1.165, 1.54) is 10.9 Å². The van der Waals surface area contributed by atoms with Crippen molar-refractivity contribution in [3.8, 4) is 11.8 Å². The van der Waals surface area contributed by atoms with Gasteiger partial charge in [-0.05, 0) is 24.6 Å². The Labute approximate surface area is 171 Å². The van der Waals surface area contributed by atoms with Gasteiger partial charge in [-0.2, -0.15) is 23.5 Å². The first-order valence-electron chi connectivity index (χ1n) is 9.13. The molecule has 1 aromatic carbocycles. The third-order valence-electron chi connectivity index (χ3n) is 4.16. The van der Waals surface area contributed by atoms with E-state index >= 15 is 0 Å². The van der Waals surface area contributed by atoms with Crippen molar-refractivity contribution in [3.63, 3.8) is 0 Å². The number of anilines is 1. The highest BCUT2D eigenvalue weighted by Crippen LogP contribution is 2.34. The molecule has 0 atom stereocenters. The largest absolute Gasteiger partial charge is 0.416 e. The quantitative estimate of drug-likeness (QED) is 0.576. The summed E-state index contributed by atoms with van der Waals surface area (Å²) in [6.07, 6.45) is 0.832. The molecule has 1 heterocycles. The Balaban J connectivity index is 2.12. The number of carbonyl (C=O) groups excluding carboxylic acids is 1. The number of nitriles is 1. The highest BCUT2D eigenvalue weighted by molar-refractivity contribution is 6.32. The van der Waals surface area contributed by atoms with Gasteiger partial charge in [0, 0.05) is 6.54 Å². The number of amides is 1. The second-order valence-electron chi connectivity index (χ2n) is 6.36. The molecule has 156 valence electrons. The zero-order chi connectivity index (χ0) is 21.4. The average molecular weight is 428 g/mol. The van der Waals surface area contributed by atoms with Gasteiger partial charge in [0.15, 0.2) is 0 Å².